The molecule has 0 spiro atoms. The van der Waals surface area contributed by atoms with Crippen LogP contribution in [-0.2, 0) is 17.6 Å². The number of Topliss-reactive ketones (excluding diaryl/α,β-unsaturated/α-hetero) is 2. The highest BCUT2D eigenvalue weighted by molar-refractivity contribution is 5.98. The molecule has 0 saturated carbocycles. The van der Waals surface area contributed by atoms with Gasteiger partial charge in [0, 0.05) is 18.1 Å². The molecule has 0 radical (unpaired) electrons. The number of ether oxygens (including phenoxy) is 3. The molecule has 1 atom stereocenters. The van der Waals surface area contributed by atoms with E-state index in [1.165, 1.54) is 13.8 Å². The minimum Gasteiger partial charge on any atom is -0.507 e. The fourth-order valence-electron chi connectivity index (χ4n) is 3.92. The lowest BCUT2D eigenvalue weighted by Gasteiger charge is -2.24. The first-order valence-electron chi connectivity index (χ1n) is 11.4. The molecule has 1 aliphatic heterocycles. The number of fused-ring (bicyclic) bond motifs is 1. The molecular formula is C26H30O8. The molecular weight excluding hydrogens is 440 g/mol. The Bertz CT molecular complexity index is 1090. The van der Waals surface area contributed by atoms with Crippen LogP contribution in [-0.4, -0.2) is 47.6 Å². The SMILES string of the molecule is CCCc1c(OCCCOc2cc3c(cc2C(C)=O)CC(C(=O)O)CO3)ccc(C(C)=O)c1O. The molecule has 0 amide bonds. The van der Waals surface area contributed by atoms with Crippen LogP contribution in [0.15, 0.2) is 24.3 Å². The summed E-state index contributed by atoms with van der Waals surface area (Å²) in [6, 6.07) is 6.54. The van der Waals surface area contributed by atoms with Crippen molar-refractivity contribution in [3.05, 3.63) is 46.5 Å². The van der Waals surface area contributed by atoms with Gasteiger partial charge >= 0.3 is 5.97 Å². The molecule has 0 fully saturated rings. The van der Waals surface area contributed by atoms with Crippen molar-refractivity contribution < 1.29 is 38.8 Å². The van der Waals surface area contributed by atoms with Gasteiger partial charge < -0.3 is 24.4 Å². The maximum Gasteiger partial charge on any atom is 0.310 e. The number of aromatic hydroxyl groups is 1. The Morgan fingerprint density at radius 1 is 1.03 bits per heavy atom. The van der Waals surface area contributed by atoms with E-state index in [1.54, 1.807) is 24.3 Å². The third-order valence-electron chi connectivity index (χ3n) is 5.72. The number of carbonyl (C=O) groups excluding carboxylic acids is 2. The van der Waals surface area contributed by atoms with Gasteiger partial charge in [0.1, 0.15) is 29.6 Å². The van der Waals surface area contributed by atoms with Crippen molar-refractivity contribution in [2.75, 3.05) is 19.8 Å². The maximum absolute atomic E-state index is 12.1. The van der Waals surface area contributed by atoms with Crippen molar-refractivity contribution in [2.45, 2.75) is 46.5 Å². The van der Waals surface area contributed by atoms with Gasteiger partial charge in [-0.1, -0.05) is 13.3 Å². The topological polar surface area (TPSA) is 119 Å². The van der Waals surface area contributed by atoms with Gasteiger partial charge in [0.2, 0.25) is 0 Å². The van der Waals surface area contributed by atoms with Crippen molar-refractivity contribution in [1.82, 2.24) is 0 Å². The number of phenols is 1. The summed E-state index contributed by atoms with van der Waals surface area (Å²) in [6.45, 7) is 5.49. The van der Waals surface area contributed by atoms with Crippen LogP contribution in [0.3, 0.4) is 0 Å². The summed E-state index contributed by atoms with van der Waals surface area (Å²) >= 11 is 0. The third-order valence-corrected chi connectivity index (χ3v) is 5.72. The first-order valence-corrected chi connectivity index (χ1v) is 11.4. The molecule has 2 aromatic carbocycles. The lowest BCUT2D eigenvalue weighted by Crippen LogP contribution is -2.28. The predicted octanol–water partition coefficient (Wildman–Crippen LogP) is 4.23. The van der Waals surface area contributed by atoms with Crippen molar-refractivity contribution >= 4 is 17.5 Å². The smallest absolute Gasteiger partial charge is 0.310 e. The van der Waals surface area contributed by atoms with Gasteiger partial charge in [0.15, 0.2) is 11.6 Å². The van der Waals surface area contributed by atoms with Crippen LogP contribution < -0.4 is 14.2 Å². The number of carbonyl (C=O) groups is 3. The van der Waals surface area contributed by atoms with E-state index in [0.29, 0.717) is 59.8 Å². The zero-order valence-corrected chi connectivity index (χ0v) is 19.7. The van der Waals surface area contributed by atoms with E-state index in [4.69, 9.17) is 14.2 Å². The fourth-order valence-corrected chi connectivity index (χ4v) is 3.92. The number of rotatable bonds is 11. The van der Waals surface area contributed by atoms with E-state index >= 15 is 0 Å². The quantitative estimate of drug-likeness (QED) is 0.370. The van der Waals surface area contributed by atoms with Crippen LogP contribution in [0.2, 0.25) is 0 Å². The van der Waals surface area contributed by atoms with Crippen LogP contribution in [0.5, 0.6) is 23.0 Å². The lowest BCUT2D eigenvalue weighted by atomic mass is 9.94. The molecule has 8 heteroatoms. The molecule has 3 rings (SSSR count). The molecule has 0 bridgehead atoms. The van der Waals surface area contributed by atoms with Crippen LogP contribution in [0.4, 0.5) is 0 Å². The zero-order chi connectivity index (χ0) is 24.8. The van der Waals surface area contributed by atoms with E-state index in [2.05, 4.69) is 0 Å². The number of benzene rings is 2. The van der Waals surface area contributed by atoms with Gasteiger partial charge in [0.25, 0.3) is 0 Å². The predicted molar refractivity (Wildman–Crippen MR) is 124 cm³/mol. The Kier molecular flexibility index (Phi) is 8.15. The molecule has 2 aromatic rings. The highest BCUT2D eigenvalue weighted by Crippen LogP contribution is 2.35. The van der Waals surface area contributed by atoms with Gasteiger partial charge in [-0.3, -0.25) is 14.4 Å². The summed E-state index contributed by atoms with van der Waals surface area (Å²) in [5, 5.41) is 19.7. The second-order valence-corrected chi connectivity index (χ2v) is 8.36. The molecule has 2 N–H and O–H groups in total. The van der Waals surface area contributed by atoms with Crippen LogP contribution in [0, 0.1) is 5.92 Å². The molecule has 0 saturated heterocycles. The van der Waals surface area contributed by atoms with Crippen molar-refractivity contribution in [3.63, 3.8) is 0 Å². The maximum atomic E-state index is 12.1. The number of phenolic OH excluding ortho intramolecular Hbond substituents is 1. The Balaban J connectivity index is 1.63. The van der Waals surface area contributed by atoms with Crippen LogP contribution in [0.25, 0.3) is 0 Å². The van der Waals surface area contributed by atoms with Gasteiger partial charge in [-0.05, 0) is 50.5 Å². The standard InChI is InChI=1S/C26H30O8/c1-4-6-20-22(8-7-19(15(2)27)25(20)29)32-9-5-10-33-24-13-23-17(12-21(24)16(3)28)11-18(14-34-23)26(30)31/h7-8,12-13,18,29H,4-6,9-11,14H2,1-3H3,(H,30,31). The Morgan fingerprint density at radius 3 is 2.32 bits per heavy atom. The molecule has 34 heavy (non-hydrogen) atoms. The number of carboxylic acid groups (broad SMARTS) is 1. The zero-order valence-electron chi connectivity index (χ0n) is 19.7. The third kappa shape index (κ3) is 5.68. The number of hydrogen-bond donors (Lipinski definition) is 2. The van der Waals surface area contributed by atoms with E-state index < -0.39 is 11.9 Å². The van der Waals surface area contributed by atoms with Crippen molar-refractivity contribution in [1.29, 1.82) is 0 Å². The second kappa shape index (κ2) is 11.0. The number of carboxylic acids is 1. The number of hydrogen-bond acceptors (Lipinski definition) is 7. The minimum absolute atomic E-state index is 0.0339. The van der Waals surface area contributed by atoms with Crippen molar-refractivity contribution in [2.24, 2.45) is 5.92 Å². The summed E-state index contributed by atoms with van der Waals surface area (Å²) < 4.78 is 17.3. The summed E-state index contributed by atoms with van der Waals surface area (Å²) in [5.41, 5.74) is 1.95. The summed E-state index contributed by atoms with van der Waals surface area (Å²) in [4.78, 5) is 35.1. The molecule has 8 nitrogen and oxygen atoms in total. The Morgan fingerprint density at radius 2 is 1.71 bits per heavy atom. The van der Waals surface area contributed by atoms with Gasteiger partial charge in [-0.15, -0.1) is 0 Å². The van der Waals surface area contributed by atoms with Crippen LogP contribution in [0.1, 0.15) is 65.5 Å². The Hall–Kier alpha value is -3.55. The normalized spacial score (nSPS) is 14.6. The first kappa shape index (κ1) is 25.1. The van der Waals surface area contributed by atoms with Gasteiger partial charge in [-0.25, -0.2) is 0 Å². The van der Waals surface area contributed by atoms with Gasteiger partial charge in [-0.2, -0.15) is 0 Å². The summed E-state index contributed by atoms with van der Waals surface area (Å²) in [6.07, 6.45) is 2.18. The molecule has 182 valence electrons. The highest BCUT2D eigenvalue weighted by Gasteiger charge is 2.27. The van der Waals surface area contributed by atoms with E-state index in [1.807, 2.05) is 6.92 Å². The molecule has 1 unspecified atom stereocenters. The number of aliphatic carboxylic acids is 1. The molecule has 0 aromatic heterocycles. The highest BCUT2D eigenvalue weighted by atomic mass is 16.5. The van der Waals surface area contributed by atoms with Crippen LogP contribution >= 0.6 is 0 Å². The summed E-state index contributed by atoms with van der Waals surface area (Å²) in [7, 11) is 0. The van der Waals surface area contributed by atoms with E-state index in [9.17, 15) is 24.6 Å². The second-order valence-electron chi connectivity index (χ2n) is 8.36. The average molecular weight is 471 g/mol. The number of ketones is 2. The first-order chi connectivity index (χ1) is 16.2. The fraction of sp³-hybridized carbons (Fsp3) is 0.423. The van der Waals surface area contributed by atoms with E-state index in [0.717, 1.165) is 6.42 Å². The van der Waals surface area contributed by atoms with Crippen molar-refractivity contribution in [3.8, 4) is 23.0 Å². The molecule has 1 aliphatic rings. The molecule has 0 aliphatic carbocycles. The Labute approximate surface area is 198 Å². The minimum atomic E-state index is -0.929. The van der Waals surface area contributed by atoms with Gasteiger partial charge in [0.05, 0.1) is 30.3 Å². The summed E-state index contributed by atoms with van der Waals surface area (Å²) in [5.74, 6) is -0.550. The lowest BCUT2D eigenvalue weighted by molar-refractivity contribution is -0.143. The monoisotopic (exact) mass is 470 g/mol. The average Bonchev–Trinajstić information content (AvgIpc) is 2.79. The largest absolute Gasteiger partial charge is 0.507 e. The molecule has 1 heterocycles. The van der Waals surface area contributed by atoms with E-state index in [-0.39, 0.29) is 36.1 Å².